The molecule has 0 aliphatic heterocycles. The van der Waals surface area contributed by atoms with Crippen LogP contribution in [0.5, 0.6) is 11.5 Å². The quantitative estimate of drug-likeness (QED) is 0.217. The van der Waals surface area contributed by atoms with Gasteiger partial charge in [-0.2, -0.15) is 0 Å². The fourth-order valence-electron chi connectivity index (χ4n) is 2.98. The van der Waals surface area contributed by atoms with Crippen LogP contribution in [0.25, 0.3) is 0 Å². The molecule has 0 atom stereocenters. The van der Waals surface area contributed by atoms with E-state index in [1.165, 1.54) is 25.7 Å². The summed E-state index contributed by atoms with van der Waals surface area (Å²) in [6, 6.07) is 12.8. The lowest BCUT2D eigenvalue weighted by Gasteiger charge is -2.12. The second kappa shape index (κ2) is 14.9. The summed E-state index contributed by atoms with van der Waals surface area (Å²) >= 11 is 8.78. The highest BCUT2D eigenvalue weighted by Gasteiger charge is 2.11. The summed E-state index contributed by atoms with van der Waals surface area (Å²) in [7, 11) is 0. The maximum atomic E-state index is 12.6. The topological polar surface area (TPSA) is 59.6 Å². The highest BCUT2D eigenvalue weighted by Crippen LogP contribution is 2.26. The molecule has 0 radical (unpaired) electrons. The minimum absolute atomic E-state index is 0.228. The Balaban J connectivity index is 1.83. The fourth-order valence-corrected chi connectivity index (χ4v) is 3.69. The molecule has 7 heteroatoms. The first-order valence-corrected chi connectivity index (χ1v) is 12.5. The first-order chi connectivity index (χ1) is 15.5. The maximum Gasteiger partial charge on any atom is 0.257 e. The molecule has 2 rings (SSSR count). The molecule has 0 aliphatic rings. The zero-order valence-electron chi connectivity index (χ0n) is 18.9. The van der Waals surface area contributed by atoms with Crippen molar-refractivity contribution in [2.24, 2.45) is 0 Å². The highest BCUT2D eigenvalue weighted by atomic mass is 79.9. The minimum atomic E-state index is -0.289. The Morgan fingerprint density at radius 3 is 2.44 bits per heavy atom. The lowest BCUT2D eigenvalue weighted by Crippen LogP contribution is -2.34. The van der Waals surface area contributed by atoms with Crippen LogP contribution in [0.2, 0.25) is 0 Å². The van der Waals surface area contributed by atoms with Crippen LogP contribution in [0.4, 0.5) is 5.69 Å². The van der Waals surface area contributed by atoms with Crippen LogP contribution in [0.1, 0.15) is 69.2 Å². The van der Waals surface area contributed by atoms with Gasteiger partial charge in [0.15, 0.2) is 5.11 Å². The molecule has 5 nitrogen and oxygen atoms in total. The Hall–Kier alpha value is -2.12. The Morgan fingerprint density at radius 1 is 0.938 bits per heavy atom. The number of hydrogen-bond donors (Lipinski definition) is 2. The van der Waals surface area contributed by atoms with E-state index in [-0.39, 0.29) is 11.0 Å². The van der Waals surface area contributed by atoms with Gasteiger partial charge in [-0.1, -0.05) is 52.0 Å². The summed E-state index contributed by atoms with van der Waals surface area (Å²) in [4.78, 5) is 12.6. The maximum absolute atomic E-state index is 12.6. The van der Waals surface area contributed by atoms with Crippen LogP contribution in [-0.2, 0) is 0 Å². The first-order valence-electron chi connectivity index (χ1n) is 11.3. The van der Waals surface area contributed by atoms with Crippen molar-refractivity contribution in [1.82, 2.24) is 5.32 Å². The molecule has 2 aromatic rings. The molecule has 0 fully saturated rings. The third-order valence-electron chi connectivity index (χ3n) is 4.79. The van der Waals surface area contributed by atoms with Crippen LogP contribution < -0.4 is 20.1 Å². The van der Waals surface area contributed by atoms with Gasteiger partial charge in [-0.25, -0.2) is 0 Å². The van der Waals surface area contributed by atoms with Crippen molar-refractivity contribution in [3.63, 3.8) is 0 Å². The van der Waals surface area contributed by atoms with Gasteiger partial charge < -0.3 is 14.8 Å². The molecule has 174 valence electrons. The molecule has 32 heavy (non-hydrogen) atoms. The predicted molar refractivity (Wildman–Crippen MR) is 139 cm³/mol. The largest absolute Gasteiger partial charge is 0.494 e. The van der Waals surface area contributed by atoms with E-state index in [0.717, 1.165) is 40.9 Å². The van der Waals surface area contributed by atoms with E-state index in [4.69, 9.17) is 21.7 Å². The molecule has 0 spiro atoms. The lowest BCUT2D eigenvalue weighted by atomic mass is 10.2. The number of nitrogens with one attached hydrogen (secondary N) is 2. The highest BCUT2D eigenvalue weighted by molar-refractivity contribution is 9.10. The van der Waals surface area contributed by atoms with Gasteiger partial charge in [0.25, 0.3) is 5.91 Å². The van der Waals surface area contributed by atoms with E-state index in [1.807, 2.05) is 24.3 Å². The van der Waals surface area contributed by atoms with Crippen molar-refractivity contribution >= 4 is 44.9 Å². The summed E-state index contributed by atoms with van der Waals surface area (Å²) in [5.41, 5.74) is 1.25. The van der Waals surface area contributed by atoms with Gasteiger partial charge in [0.1, 0.15) is 11.5 Å². The molecule has 1 amide bonds. The summed E-state index contributed by atoms with van der Waals surface area (Å²) < 4.78 is 12.3. The summed E-state index contributed by atoms with van der Waals surface area (Å²) in [5.74, 6) is 1.21. The van der Waals surface area contributed by atoms with E-state index in [9.17, 15) is 4.79 Å². The standard InChI is InChI=1S/C25H33BrN2O3S/c1-3-5-7-8-9-16-30-21-12-10-11-20(18-21)27-25(32)28-24(29)19-13-14-23(22(26)17-19)31-15-6-4-2/h10-14,17-18H,3-9,15-16H2,1-2H3,(H2,27,28,29,32). The second-order valence-electron chi connectivity index (χ2n) is 7.55. The van der Waals surface area contributed by atoms with Gasteiger partial charge in [0, 0.05) is 17.3 Å². The van der Waals surface area contributed by atoms with Crippen LogP contribution in [0, 0.1) is 0 Å². The Morgan fingerprint density at radius 2 is 1.69 bits per heavy atom. The number of rotatable bonds is 13. The smallest absolute Gasteiger partial charge is 0.257 e. The summed E-state index contributed by atoms with van der Waals surface area (Å²) in [6.45, 7) is 5.67. The second-order valence-corrected chi connectivity index (χ2v) is 8.81. The molecule has 0 saturated carbocycles. The third-order valence-corrected chi connectivity index (χ3v) is 5.61. The third kappa shape index (κ3) is 9.57. The van der Waals surface area contributed by atoms with Crippen molar-refractivity contribution < 1.29 is 14.3 Å². The average molecular weight is 522 g/mol. The number of benzene rings is 2. The molecular formula is C25H33BrN2O3S. The molecule has 2 N–H and O–H groups in total. The molecule has 2 aromatic carbocycles. The van der Waals surface area contributed by atoms with Crippen LogP contribution >= 0.6 is 28.1 Å². The van der Waals surface area contributed by atoms with Crippen LogP contribution in [-0.4, -0.2) is 24.2 Å². The average Bonchev–Trinajstić information content (AvgIpc) is 2.77. The summed E-state index contributed by atoms with van der Waals surface area (Å²) in [5, 5.41) is 5.99. The van der Waals surface area contributed by atoms with Crippen molar-refractivity contribution in [3.8, 4) is 11.5 Å². The van der Waals surface area contributed by atoms with Crippen LogP contribution in [0.3, 0.4) is 0 Å². The van der Waals surface area contributed by atoms with E-state index in [0.29, 0.717) is 18.8 Å². The molecular weight excluding hydrogens is 488 g/mol. The minimum Gasteiger partial charge on any atom is -0.494 e. The van der Waals surface area contributed by atoms with Gasteiger partial charge in [-0.15, -0.1) is 0 Å². The number of thiocarbonyl (C=S) groups is 1. The number of ether oxygens (including phenoxy) is 2. The van der Waals surface area contributed by atoms with Gasteiger partial charge in [-0.05, 0) is 71.3 Å². The molecule has 0 unspecified atom stereocenters. The Labute approximate surface area is 205 Å². The van der Waals surface area contributed by atoms with Gasteiger partial charge in [-0.3, -0.25) is 10.1 Å². The SMILES string of the molecule is CCCCCCCOc1cccc(NC(=S)NC(=O)c2ccc(OCCCC)c(Br)c2)c1. The van der Waals surface area contributed by atoms with Crippen molar-refractivity contribution in [2.75, 3.05) is 18.5 Å². The monoisotopic (exact) mass is 520 g/mol. The number of amides is 1. The number of unbranched alkanes of at least 4 members (excludes halogenated alkanes) is 5. The fraction of sp³-hybridized carbons (Fsp3) is 0.440. The zero-order valence-corrected chi connectivity index (χ0v) is 21.3. The number of halogens is 1. The molecule has 0 aromatic heterocycles. The predicted octanol–water partition coefficient (Wildman–Crippen LogP) is 7.10. The number of anilines is 1. The van der Waals surface area contributed by atoms with Crippen molar-refractivity contribution in [3.05, 3.63) is 52.5 Å². The zero-order chi connectivity index (χ0) is 23.2. The number of hydrogen-bond acceptors (Lipinski definition) is 4. The van der Waals surface area contributed by atoms with Crippen LogP contribution in [0.15, 0.2) is 46.9 Å². The van der Waals surface area contributed by atoms with E-state index in [2.05, 4.69) is 40.4 Å². The lowest BCUT2D eigenvalue weighted by molar-refractivity contribution is 0.0977. The van der Waals surface area contributed by atoms with Crippen molar-refractivity contribution in [1.29, 1.82) is 0 Å². The number of carbonyl (C=O) groups excluding carboxylic acids is 1. The normalized spacial score (nSPS) is 10.5. The number of carbonyl (C=O) groups is 1. The van der Waals surface area contributed by atoms with E-state index in [1.54, 1.807) is 18.2 Å². The Bertz CT molecular complexity index is 876. The molecule has 0 bridgehead atoms. The van der Waals surface area contributed by atoms with Gasteiger partial charge >= 0.3 is 0 Å². The molecule has 0 aliphatic carbocycles. The van der Waals surface area contributed by atoms with E-state index < -0.39 is 0 Å². The summed E-state index contributed by atoms with van der Waals surface area (Å²) in [6.07, 6.45) is 8.04. The van der Waals surface area contributed by atoms with E-state index >= 15 is 0 Å². The van der Waals surface area contributed by atoms with Gasteiger partial charge in [0.2, 0.25) is 0 Å². The van der Waals surface area contributed by atoms with Gasteiger partial charge in [0.05, 0.1) is 17.7 Å². The molecule has 0 heterocycles. The first kappa shape index (κ1) is 26.1. The van der Waals surface area contributed by atoms with Crippen molar-refractivity contribution in [2.45, 2.75) is 58.8 Å². The molecule has 0 saturated heterocycles. The Kier molecular flexibility index (Phi) is 12.1.